The summed E-state index contributed by atoms with van der Waals surface area (Å²) in [5, 5.41) is 9.34. The van der Waals surface area contributed by atoms with Gasteiger partial charge in [-0.3, -0.25) is 4.79 Å². The number of Topliss-reactive ketones (excluding diaryl/α,β-unsaturated/α-hetero) is 1. The van der Waals surface area contributed by atoms with Crippen LogP contribution in [0.25, 0.3) is 10.9 Å². The van der Waals surface area contributed by atoms with Crippen LogP contribution in [0.4, 0.5) is 0 Å². The molecule has 1 aromatic carbocycles. The summed E-state index contributed by atoms with van der Waals surface area (Å²) in [6.07, 6.45) is 0. The van der Waals surface area contributed by atoms with Gasteiger partial charge in [0.1, 0.15) is 6.07 Å². The lowest BCUT2D eigenvalue weighted by molar-refractivity contribution is 0.105. The number of fused-ring (bicyclic) bond motifs is 1. The van der Waals surface area contributed by atoms with Gasteiger partial charge in [-0.25, -0.2) is 0 Å². The number of ketones is 1. The molecule has 0 amide bonds. The van der Waals surface area contributed by atoms with Crippen molar-refractivity contribution in [3.8, 4) is 6.07 Å². The minimum absolute atomic E-state index is 0.351. The predicted molar refractivity (Wildman–Crippen MR) is 48.2 cm³/mol. The van der Waals surface area contributed by atoms with Crippen molar-refractivity contribution in [2.24, 2.45) is 0 Å². The van der Waals surface area contributed by atoms with E-state index in [-0.39, 0.29) is 0 Å². The monoisotopic (exact) mass is 170 g/mol. The first-order valence-electron chi connectivity index (χ1n) is 3.83. The Morgan fingerprint density at radius 1 is 1.38 bits per heavy atom. The largest absolute Gasteiger partial charge is 0.351 e. The van der Waals surface area contributed by atoms with Crippen LogP contribution in [0.3, 0.4) is 0 Å². The minimum atomic E-state index is -0.531. The fraction of sp³-hybridized carbons (Fsp3) is 0. The normalized spacial score (nSPS) is 9.77. The van der Waals surface area contributed by atoms with E-state index >= 15 is 0 Å². The first-order valence-corrected chi connectivity index (χ1v) is 3.83. The maximum Gasteiger partial charge on any atom is 0.278 e. The zero-order valence-electron chi connectivity index (χ0n) is 6.74. The van der Waals surface area contributed by atoms with Gasteiger partial charge in [-0.05, 0) is 12.1 Å². The number of hydrogen-bond donors (Lipinski definition) is 1. The quantitative estimate of drug-likeness (QED) is 0.524. The van der Waals surface area contributed by atoms with Crippen LogP contribution in [0, 0.1) is 11.3 Å². The number of benzene rings is 1. The Balaban J connectivity index is 2.64. The standard InChI is InChI=1S/C10H6N2O/c11-6-10(13)9-5-7-3-1-2-4-8(7)12-9/h1-5,12H. The summed E-state index contributed by atoms with van der Waals surface area (Å²) < 4.78 is 0. The number of rotatable bonds is 1. The summed E-state index contributed by atoms with van der Waals surface area (Å²) in [6, 6.07) is 10.8. The van der Waals surface area contributed by atoms with Crippen molar-refractivity contribution in [3.05, 3.63) is 36.0 Å². The minimum Gasteiger partial charge on any atom is -0.351 e. The molecule has 0 aliphatic rings. The van der Waals surface area contributed by atoms with E-state index in [1.54, 1.807) is 12.1 Å². The van der Waals surface area contributed by atoms with Gasteiger partial charge in [0, 0.05) is 10.9 Å². The first-order chi connectivity index (χ1) is 6.31. The van der Waals surface area contributed by atoms with Crippen molar-refractivity contribution in [2.75, 3.05) is 0 Å². The van der Waals surface area contributed by atoms with Gasteiger partial charge >= 0.3 is 0 Å². The highest BCUT2D eigenvalue weighted by molar-refractivity contribution is 6.08. The third-order valence-electron chi connectivity index (χ3n) is 1.88. The van der Waals surface area contributed by atoms with Gasteiger partial charge in [0.25, 0.3) is 5.78 Å². The van der Waals surface area contributed by atoms with Crippen molar-refractivity contribution in [3.63, 3.8) is 0 Å². The molecule has 3 heteroatoms. The number of hydrogen-bond acceptors (Lipinski definition) is 2. The highest BCUT2D eigenvalue weighted by Crippen LogP contribution is 2.14. The van der Waals surface area contributed by atoms with E-state index in [2.05, 4.69) is 4.98 Å². The molecule has 0 saturated carbocycles. The number of nitrogens with one attached hydrogen (secondary N) is 1. The number of nitrogens with zero attached hydrogens (tertiary/aromatic N) is 1. The Labute approximate surface area is 74.6 Å². The zero-order valence-corrected chi connectivity index (χ0v) is 6.74. The van der Waals surface area contributed by atoms with E-state index in [1.807, 2.05) is 24.3 Å². The second-order valence-corrected chi connectivity index (χ2v) is 2.71. The highest BCUT2D eigenvalue weighted by atomic mass is 16.1. The van der Waals surface area contributed by atoms with Crippen molar-refractivity contribution in [1.29, 1.82) is 5.26 Å². The Hall–Kier alpha value is -2.08. The molecule has 0 unspecified atom stereocenters. The summed E-state index contributed by atoms with van der Waals surface area (Å²) in [6.45, 7) is 0. The van der Waals surface area contributed by atoms with Gasteiger partial charge in [-0.2, -0.15) is 5.26 Å². The number of H-pyrrole nitrogens is 1. The number of carbonyl (C=O) groups is 1. The molecule has 0 spiro atoms. The van der Waals surface area contributed by atoms with E-state index in [1.165, 1.54) is 0 Å². The van der Waals surface area contributed by atoms with Crippen molar-refractivity contribution < 1.29 is 4.79 Å². The number of nitriles is 1. The van der Waals surface area contributed by atoms with Crippen LogP contribution in [0.1, 0.15) is 10.5 Å². The summed E-state index contributed by atoms with van der Waals surface area (Å²) in [5.41, 5.74) is 1.23. The van der Waals surface area contributed by atoms with Gasteiger partial charge in [-0.1, -0.05) is 18.2 Å². The average Bonchev–Trinajstić information content (AvgIpc) is 2.59. The molecule has 0 bridgehead atoms. The predicted octanol–water partition coefficient (Wildman–Crippen LogP) is 1.87. The van der Waals surface area contributed by atoms with Gasteiger partial charge in [0.2, 0.25) is 0 Å². The van der Waals surface area contributed by atoms with Crippen molar-refractivity contribution in [1.82, 2.24) is 4.98 Å². The first kappa shape index (κ1) is 7.56. The van der Waals surface area contributed by atoms with Gasteiger partial charge in [0.05, 0.1) is 5.69 Å². The van der Waals surface area contributed by atoms with E-state index in [0.717, 1.165) is 10.9 Å². The van der Waals surface area contributed by atoms with Gasteiger partial charge in [-0.15, -0.1) is 0 Å². The lowest BCUT2D eigenvalue weighted by Gasteiger charge is -1.84. The van der Waals surface area contributed by atoms with E-state index in [0.29, 0.717) is 5.69 Å². The van der Waals surface area contributed by atoms with Crippen LogP contribution in [-0.4, -0.2) is 10.8 Å². The Kier molecular flexibility index (Phi) is 1.60. The molecule has 0 atom stereocenters. The fourth-order valence-electron chi connectivity index (χ4n) is 1.26. The highest BCUT2D eigenvalue weighted by Gasteiger charge is 2.06. The van der Waals surface area contributed by atoms with Crippen molar-refractivity contribution in [2.45, 2.75) is 0 Å². The number of aromatic nitrogens is 1. The number of para-hydroxylation sites is 1. The smallest absolute Gasteiger partial charge is 0.278 e. The SMILES string of the molecule is N#CC(=O)c1cc2ccccc2[nH]1. The number of aromatic amines is 1. The molecular weight excluding hydrogens is 164 g/mol. The Bertz CT molecular complexity index is 472. The molecule has 0 saturated heterocycles. The molecule has 13 heavy (non-hydrogen) atoms. The molecule has 1 heterocycles. The van der Waals surface area contributed by atoms with E-state index in [4.69, 9.17) is 5.26 Å². The third kappa shape index (κ3) is 1.18. The number of carbonyl (C=O) groups excluding carboxylic acids is 1. The van der Waals surface area contributed by atoms with Crippen LogP contribution in [-0.2, 0) is 0 Å². The lowest BCUT2D eigenvalue weighted by Crippen LogP contribution is -1.93. The summed E-state index contributed by atoms with van der Waals surface area (Å²) in [4.78, 5) is 13.9. The van der Waals surface area contributed by atoms with Crippen LogP contribution >= 0.6 is 0 Å². The summed E-state index contributed by atoms with van der Waals surface area (Å²) in [7, 11) is 0. The molecule has 1 N–H and O–H groups in total. The average molecular weight is 170 g/mol. The molecule has 2 rings (SSSR count). The molecule has 2 aromatic rings. The molecular formula is C10H6N2O. The molecule has 0 fully saturated rings. The molecule has 1 aromatic heterocycles. The van der Waals surface area contributed by atoms with Gasteiger partial charge < -0.3 is 4.98 Å². The Morgan fingerprint density at radius 2 is 2.15 bits per heavy atom. The summed E-state index contributed by atoms with van der Waals surface area (Å²) in [5.74, 6) is -0.531. The maximum absolute atomic E-state index is 11.0. The van der Waals surface area contributed by atoms with E-state index in [9.17, 15) is 4.79 Å². The van der Waals surface area contributed by atoms with Crippen LogP contribution in [0.2, 0.25) is 0 Å². The maximum atomic E-state index is 11.0. The van der Waals surface area contributed by atoms with Crippen LogP contribution < -0.4 is 0 Å². The fourth-order valence-corrected chi connectivity index (χ4v) is 1.26. The second kappa shape index (κ2) is 2.76. The molecule has 0 aliphatic carbocycles. The lowest BCUT2D eigenvalue weighted by atomic mass is 10.2. The molecule has 0 radical (unpaired) electrons. The topological polar surface area (TPSA) is 56.6 Å². The zero-order chi connectivity index (χ0) is 9.26. The Morgan fingerprint density at radius 3 is 2.85 bits per heavy atom. The third-order valence-corrected chi connectivity index (χ3v) is 1.88. The van der Waals surface area contributed by atoms with Crippen LogP contribution in [0.15, 0.2) is 30.3 Å². The van der Waals surface area contributed by atoms with Crippen LogP contribution in [0.5, 0.6) is 0 Å². The molecule has 62 valence electrons. The molecule has 0 aliphatic heterocycles. The van der Waals surface area contributed by atoms with E-state index < -0.39 is 5.78 Å². The summed E-state index contributed by atoms with van der Waals surface area (Å²) >= 11 is 0. The second-order valence-electron chi connectivity index (χ2n) is 2.71. The van der Waals surface area contributed by atoms with Gasteiger partial charge in [0.15, 0.2) is 0 Å². The van der Waals surface area contributed by atoms with Crippen molar-refractivity contribution >= 4 is 16.7 Å². The molecule has 3 nitrogen and oxygen atoms in total.